The standard InChI is InChI=1S/C11H20N4O/c1-14(10-4-2-3-5-10)6-7-15-9-12-13-11(15)8-16/h9-10,16H,2-8H2,1H3. The van der Waals surface area contributed by atoms with Crippen molar-refractivity contribution in [2.75, 3.05) is 13.6 Å². The molecule has 1 fully saturated rings. The van der Waals surface area contributed by atoms with Crippen LogP contribution >= 0.6 is 0 Å². The lowest BCUT2D eigenvalue weighted by molar-refractivity contribution is 0.228. The molecule has 1 N–H and O–H groups in total. The van der Waals surface area contributed by atoms with Gasteiger partial charge in [-0.1, -0.05) is 12.8 Å². The minimum Gasteiger partial charge on any atom is -0.388 e. The maximum atomic E-state index is 9.05. The Morgan fingerprint density at radius 2 is 2.25 bits per heavy atom. The number of aromatic nitrogens is 3. The summed E-state index contributed by atoms with van der Waals surface area (Å²) in [6.45, 7) is 1.82. The average molecular weight is 224 g/mol. The number of hydrogen-bond acceptors (Lipinski definition) is 4. The van der Waals surface area contributed by atoms with E-state index in [1.54, 1.807) is 6.33 Å². The molecule has 1 saturated carbocycles. The van der Waals surface area contributed by atoms with Crippen LogP contribution in [-0.2, 0) is 13.2 Å². The van der Waals surface area contributed by atoms with Gasteiger partial charge in [0.05, 0.1) is 0 Å². The van der Waals surface area contributed by atoms with E-state index in [4.69, 9.17) is 5.11 Å². The topological polar surface area (TPSA) is 54.2 Å². The van der Waals surface area contributed by atoms with Crippen molar-refractivity contribution in [2.24, 2.45) is 0 Å². The zero-order valence-electron chi connectivity index (χ0n) is 9.84. The minimum absolute atomic E-state index is 0.0346. The second kappa shape index (κ2) is 5.41. The van der Waals surface area contributed by atoms with Gasteiger partial charge in [0.2, 0.25) is 0 Å². The number of aliphatic hydroxyl groups excluding tert-OH is 1. The summed E-state index contributed by atoms with van der Waals surface area (Å²) in [6.07, 6.45) is 7.07. The fourth-order valence-electron chi connectivity index (χ4n) is 2.38. The Bertz CT molecular complexity index is 320. The van der Waals surface area contributed by atoms with Gasteiger partial charge in [0, 0.05) is 19.1 Å². The summed E-state index contributed by atoms with van der Waals surface area (Å²) in [7, 11) is 2.18. The molecule has 0 radical (unpaired) electrons. The smallest absolute Gasteiger partial charge is 0.158 e. The second-order valence-corrected chi connectivity index (χ2v) is 4.52. The van der Waals surface area contributed by atoms with E-state index in [0.717, 1.165) is 19.1 Å². The summed E-state index contributed by atoms with van der Waals surface area (Å²) in [5.74, 6) is 0.653. The molecule has 16 heavy (non-hydrogen) atoms. The summed E-state index contributed by atoms with van der Waals surface area (Å²) in [5, 5.41) is 16.7. The van der Waals surface area contributed by atoms with E-state index in [0.29, 0.717) is 5.82 Å². The fourth-order valence-corrected chi connectivity index (χ4v) is 2.38. The molecule has 90 valence electrons. The molecular weight excluding hydrogens is 204 g/mol. The van der Waals surface area contributed by atoms with Crippen LogP contribution in [0.4, 0.5) is 0 Å². The lowest BCUT2D eigenvalue weighted by atomic mass is 10.2. The van der Waals surface area contributed by atoms with E-state index >= 15 is 0 Å². The monoisotopic (exact) mass is 224 g/mol. The van der Waals surface area contributed by atoms with Crippen molar-refractivity contribution in [3.8, 4) is 0 Å². The Balaban J connectivity index is 1.82. The molecule has 2 rings (SSSR count). The van der Waals surface area contributed by atoms with Crippen LogP contribution in [0, 0.1) is 0 Å². The zero-order chi connectivity index (χ0) is 11.4. The van der Waals surface area contributed by atoms with Crippen molar-refractivity contribution in [3.63, 3.8) is 0 Å². The first-order valence-corrected chi connectivity index (χ1v) is 5.99. The summed E-state index contributed by atoms with van der Waals surface area (Å²) >= 11 is 0. The predicted molar refractivity (Wildman–Crippen MR) is 60.8 cm³/mol. The van der Waals surface area contributed by atoms with Crippen LogP contribution in [-0.4, -0.2) is 44.4 Å². The lowest BCUT2D eigenvalue weighted by Gasteiger charge is -2.24. The van der Waals surface area contributed by atoms with E-state index in [1.165, 1.54) is 25.7 Å². The van der Waals surface area contributed by atoms with E-state index in [-0.39, 0.29) is 6.61 Å². The number of nitrogens with zero attached hydrogens (tertiary/aromatic N) is 4. The average Bonchev–Trinajstić information content (AvgIpc) is 2.96. The molecule has 0 unspecified atom stereocenters. The Morgan fingerprint density at radius 1 is 1.50 bits per heavy atom. The van der Waals surface area contributed by atoms with Gasteiger partial charge >= 0.3 is 0 Å². The van der Waals surface area contributed by atoms with Gasteiger partial charge in [0.1, 0.15) is 12.9 Å². The first kappa shape index (κ1) is 11.5. The number of rotatable bonds is 5. The van der Waals surface area contributed by atoms with Gasteiger partial charge in [-0.25, -0.2) is 0 Å². The van der Waals surface area contributed by atoms with Gasteiger partial charge in [-0.15, -0.1) is 10.2 Å². The molecule has 1 heterocycles. The van der Waals surface area contributed by atoms with Gasteiger partial charge < -0.3 is 14.6 Å². The lowest BCUT2D eigenvalue weighted by Crippen LogP contribution is -2.32. The third-order valence-corrected chi connectivity index (χ3v) is 3.48. The fraction of sp³-hybridized carbons (Fsp3) is 0.818. The van der Waals surface area contributed by atoms with Crippen molar-refractivity contribution in [1.29, 1.82) is 0 Å². The van der Waals surface area contributed by atoms with Crippen LogP contribution in [0.1, 0.15) is 31.5 Å². The maximum absolute atomic E-state index is 9.05. The van der Waals surface area contributed by atoms with Crippen LogP contribution in [0.25, 0.3) is 0 Å². The van der Waals surface area contributed by atoms with Crippen molar-refractivity contribution >= 4 is 0 Å². The second-order valence-electron chi connectivity index (χ2n) is 4.52. The Morgan fingerprint density at radius 3 is 2.94 bits per heavy atom. The molecule has 1 aromatic rings. The molecule has 0 saturated heterocycles. The van der Waals surface area contributed by atoms with E-state index in [1.807, 2.05) is 4.57 Å². The molecule has 5 heteroatoms. The van der Waals surface area contributed by atoms with Gasteiger partial charge in [0.15, 0.2) is 5.82 Å². The zero-order valence-corrected chi connectivity index (χ0v) is 9.84. The third kappa shape index (κ3) is 2.59. The van der Waals surface area contributed by atoms with Crippen molar-refractivity contribution in [2.45, 2.75) is 44.9 Å². The molecule has 0 aliphatic heterocycles. The van der Waals surface area contributed by atoms with Crippen molar-refractivity contribution in [1.82, 2.24) is 19.7 Å². The normalized spacial score (nSPS) is 17.4. The summed E-state index contributed by atoms with van der Waals surface area (Å²) in [5.41, 5.74) is 0. The first-order valence-electron chi connectivity index (χ1n) is 5.99. The molecule has 0 bridgehead atoms. The highest BCUT2D eigenvalue weighted by Gasteiger charge is 2.19. The van der Waals surface area contributed by atoms with Gasteiger partial charge in [-0.3, -0.25) is 0 Å². The molecule has 1 aromatic heterocycles. The summed E-state index contributed by atoms with van der Waals surface area (Å²) in [4.78, 5) is 2.41. The highest BCUT2D eigenvalue weighted by molar-refractivity contribution is 4.83. The van der Waals surface area contributed by atoms with Crippen molar-refractivity contribution in [3.05, 3.63) is 12.2 Å². The van der Waals surface area contributed by atoms with Crippen LogP contribution in [0.15, 0.2) is 6.33 Å². The molecule has 5 nitrogen and oxygen atoms in total. The molecule has 0 atom stereocenters. The highest BCUT2D eigenvalue weighted by Crippen LogP contribution is 2.22. The Kier molecular flexibility index (Phi) is 3.90. The number of likely N-dealkylation sites (N-methyl/N-ethyl adjacent to an activating group) is 1. The summed E-state index contributed by atoms with van der Waals surface area (Å²) < 4.78 is 1.92. The van der Waals surface area contributed by atoms with E-state index in [9.17, 15) is 0 Å². The van der Waals surface area contributed by atoms with Gasteiger partial charge in [-0.2, -0.15) is 0 Å². The van der Waals surface area contributed by atoms with Crippen LogP contribution in [0.3, 0.4) is 0 Å². The van der Waals surface area contributed by atoms with Gasteiger partial charge in [-0.05, 0) is 19.9 Å². The van der Waals surface area contributed by atoms with Crippen molar-refractivity contribution < 1.29 is 5.11 Å². The SMILES string of the molecule is CN(CCn1cnnc1CO)C1CCCC1. The maximum Gasteiger partial charge on any atom is 0.158 e. The molecule has 0 aromatic carbocycles. The molecule has 1 aliphatic rings. The molecule has 0 amide bonds. The largest absolute Gasteiger partial charge is 0.388 e. The minimum atomic E-state index is -0.0346. The van der Waals surface area contributed by atoms with E-state index < -0.39 is 0 Å². The number of aliphatic hydroxyl groups is 1. The molecule has 1 aliphatic carbocycles. The Hall–Kier alpha value is -0.940. The van der Waals surface area contributed by atoms with Gasteiger partial charge in [0.25, 0.3) is 0 Å². The van der Waals surface area contributed by atoms with Crippen LogP contribution < -0.4 is 0 Å². The summed E-state index contributed by atoms with van der Waals surface area (Å²) in [6, 6.07) is 0.744. The van der Waals surface area contributed by atoms with E-state index in [2.05, 4.69) is 22.1 Å². The molecule has 0 spiro atoms. The highest BCUT2D eigenvalue weighted by atomic mass is 16.3. The predicted octanol–water partition coefficient (Wildman–Crippen LogP) is 0.645. The third-order valence-electron chi connectivity index (χ3n) is 3.48. The molecular formula is C11H20N4O. The quantitative estimate of drug-likeness (QED) is 0.797. The Labute approximate surface area is 96.1 Å². The first-order chi connectivity index (χ1) is 7.81. The number of hydrogen-bond donors (Lipinski definition) is 1. The van der Waals surface area contributed by atoms with Crippen LogP contribution in [0.2, 0.25) is 0 Å². The van der Waals surface area contributed by atoms with Crippen LogP contribution in [0.5, 0.6) is 0 Å².